The number of ether oxygens (including phenoxy) is 2. The maximum atomic E-state index is 10.5. The highest BCUT2D eigenvalue weighted by molar-refractivity contribution is 5.66. The van der Waals surface area contributed by atoms with Crippen molar-refractivity contribution in [3.05, 3.63) is 0 Å². The van der Waals surface area contributed by atoms with Gasteiger partial charge in [0.15, 0.2) is 12.4 Å². The van der Waals surface area contributed by atoms with Gasteiger partial charge in [0.05, 0.1) is 0 Å². The van der Waals surface area contributed by atoms with Gasteiger partial charge in [-0.15, -0.1) is 0 Å². The summed E-state index contributed by atoms with van der Waals surface area (Å²) in [6.45, 7) is 1.03. The predicted molar refractivity (Wildman–Crippen MR) is 46.7 cm³/mol. The van der Waals surface area contributed by atoms with E-state index in [-0.39, 0.29) is 0 Å². The van der Waals surface area contributed by atoms with Crippen molar-refractivity contribution >= 4 is 5.97 Å². The number of carbonyl (C=O) groups is 1. The Morgan fingerprint density at radius 1 is 1.19 bits per heavy atom. The molecule has 1 heterocycles. The van der Waals surface area contributed by atoms with Crippen LogP contribution in [0.15, 0.2) is 0 Å². The third-order valence-corrected chi connectivity index (χ3v) is 2.19. The number of esters is 1. The fraction of sp³-hybridized carbons (Fsp3) is 0.875. The predicted octanol–water partition coefficient (Wildman–Crippen LogP) is -3.33. The van der Waals surface area contributed by atoms with Gasteiger partial charge in [-0.25, -0.2) is 0 Å². The van der Waals surface area contributed by atoms with Gasteiger partial charge >= 0.3 is 5.97 Å². The van der Waals surface area contributed by atoms with Crippen molar-refractivity contribution in [1.29, 1.82) is 0 Å². The quantitative estimate of drug-likeness (QED) is 0.249. The first-order valence-electron chi connectivity index (χ1n) is 4.57. The van der Waals surface area contributed by atoms with E-state index < -0.39 is 43.0 Å². The minimum atomic E-state index is -1.84. The molecule has 0 saturated carbocycles. The molecule has 0 aromatic rings. The molecule has 1 aliphatic rings. The molecular weight excluding hydrogens is 224 g/mol. The lowest BCUT2D eigenvalue weighted by atomic mass is 9.98. The van der Waals surface area contributed by atoms with Gasteiger partial charge in [-0.3, -0.25) is 4.79 Å². The fourth-order valence-corrected chi connectivity index (χ4v) is 1.36. The molecule has 6 atom stereocenters. The molecule has 0 aliphatic carbocycles. The molecule has 0 bridgehead atoms. The van der Waals surface area contributed by atoms with E-state index in [1.54, 1.807) is 0 Å². The largest absolute Gasteiger partial charge is 0.433 e. The standard InChI is InChI=1S/C8H14O8/c1-2(9)15-8(14)6-4(11)3(10)5(12)7(13)16-6/h3-8,10-14H,1H3/t3-,4-,5+,6-,7+,8?/m0/s1. The Morgan fingerprint density at radius 3 is 2.25 bits per heavy atom. The smallest absolute Gasteiger partial charge is 0.305 e. The van der Waals surface area contributed by atoms with Crippen molar-refractivity contribution in [2.45, 2.75) is 43.9 Å². The van der Waals surface area contributed by atoms with Crippen molar-refractivity contribution < 1.29 is 39.8 Å². The van der Waals surface area contributed by atoms with E-state index in [0.717, 1.165) is 6.92 Å². The summed E-state index contributed by atoms with van der Waals surface area (Å²) in [5.41, 5.74) is 0. The molecule has 1 rings (SSSR count). The Bertz CT molecular complexity index is 256. The Hall–Kier alpha value is -0.770. The van der Waals surface area contributed by atoms with Crippen LogP contribution in [0.3, 0.4) is 0 Å². The van der Waals surface area contributed by atoms with Crippen LogP contribution in [0.4, 0.5) is 0 Å². The normalized spacial score (nSPS) is 41.5. The molecule has 16 heavy (non-hydrogen) atoms. The monoisotopic (exact) mass is 238 g/mol. The van der Waals surface area contributed by atoms with Crippen molar-refractivity contribution in [3.63, 3.8) is 0 Å². The Balaban J connectivity index is 2.69. The van der Waals surface area contributed by atoms with Crippen LogP contribution in [-0.4, -0.2) is 68.5 Å². The molecule has 0 aromatic heterocycles. The van der Waals surface area contributed by atoms with E-state index in [9.17, 15) is 20.1 Å². The van der Waals surface area contributed by atoms with Crippen molar-refractivity contribution in [3.8, 4) is 0 Å². The molecule has 8 heteroatoms. The highest BCUT2D eigenvalue weighted by atomic mass is 16.7. The first kappa shape index (κ1) is 13.3. The molecule has 1 unspecified atom stereocenters. The third kappa shape index (κ3) is 2.67. The molecule has 94 valence electrons. The Kier molecular flexibility index (Phi) is 4.19. The summed E-state index contributed by atoms with van der Waals surface area (Å²) in [7, 11) is 0. The van der Waals surface area contributed by atoms with E-state index in [0.29, 0.717) is 0 Å². The highest BCUT2D eigenvalue weighted by Crippen LogP contribution is 2.22. The van der Waals surface area contributed by atoms with Crippen molar-refractivity contribution in [2.75, 3.05) is 0 Å². The number of hydrogen-bond acceptors (Lipinski definition) is 8. The zero-order chi connectivity index (χ0) is 12.5. The summed E-state index contributed by atoms with van der Waals surface area (Å²) in [5.74, 6) is -0.821. The fourth-order valence-electron chi connectivity index (χ4n) is 1.36. The molecule has 0 aromatic carbocycles. The zero-order valence-corrected chi connectivity index (χ0v) is 8.42. The number of rotatable bonds is 2. The number of carbonyl (C=O) groups excluding carboxylic acids is 1. The first-order chi connectivity index (χ1) is 7.34. The summed E-state index contributed by atoms with van der Waals surface area (Å²) >= 11 is 0. The number of aliphatic hydroxyl groups excluding tert-OH is 5. The zero-order valence-electron chi connectivity index (χ0n) is 8.42. The maximum absolute atomic E-state index is 10.5. The van der Waals surface area contributed by atoms with Crippen LogP contribution in [0.5, 0.6) is 0 Å². The average Bonchev–Trinajstić information content (AvgIpc) is 2.19. The highest BCUT2D eigenvalue weighted by Gasteiger charge is 2.46. The van der Waals surface area contributed by atoms with Gasteiger partial charge in [-0.2, -0.15) is 0 Å². The molecule has 0 spiro atoms. The molecule has 1 saturated heterocycles. The lowest BCUT2D eigenvalue weighted by Crippen LogP contribution is -2.61. The Labute approximate surface area is 90.6 Å². The van der Waals surface area contributed by atoms with Gasteiger partial charge in [0.1, 0.15) is 18.3 Å². The van der Waals surface area contributed by atoms with E-state index in [1.165, 1.54) is 0 Å². The summed E-state index contributed by atoms with van der Waals surface area (Å²) in [4.78, 5) is 10.5. The molecule has 5 N–H and O–H groups in total. The van der Waals surface area contributed by atoms with Crippen LogP contribution < -0.4 is 0 Å². The lowest BCUT2D eigenvalue weighted by Gasteiger charge is -2.39. The van der Waals surface area contributed by atoms with Gasteiger partial charge in [0.25, 0.3) is 0 Å². The second-order valence-electron chi connectivity index (χ2n) is 3.46. The van der Waals surface area contributed by atoms with Gasteiger partial charge in [0.2, 0.25) is 6.29 Å². The van der Waals surface area contributed by atoms with Crippen LogP contribution in [0.25, 0.3) is 0 Å². The summed E-state index contributed by atoms with van der Waals surface area (Å²) in [6.07, 6.45) is -10.3. The molecule has 1 fully saturated rings. The van der Waals surface area contributed by atoms with Crippen LogP contribution >= 0.6 is 0 Å². The van der Waals surface area contributed by atoms with Gasteiger partial charge in [-0.1, -0.05) is 0 Å². The van der Waals surface area contributed by atoms with Crippen LogP contribution in [0, 0.1) is 0 Å². The van der Waals surface area contributed by atoms with E-state index in [1.807, 2.05) is 0 Å². The minimum Gasteiger partial charge on any atom is -0.433 e. The molecule has 8 nitrogen and oxygen atoms in total. The molecular formula is C8H14O8. The lowest BCUT2D eigenvalue weighted by molar-refractivity contribution is -0.318. The SMILES string of the molecule is CC(=O)OC(O)[C@H]1O[C@@H](O)[C@H](O)[C@@H](O)[C@@H]1O. The van der Waals surface area contributed by atoms with E-state index in [4.69, 9.17) is 10.2 Å². The van der Waals surface area contributed by atoms with E-state index >= 15 is 0 Å². The van der Waals surface area contributed by atoms with Gasteiger partial charge in [0, 0.05) is 6.92 Å². The summed E-state index contributed by atoms with van der Waals surface area (Å²) in [5, 5.41) is 46.2. The first-order valence-corrected chi connectivity index (χ1v) is 4.57. The van der Waals surface area contributed by atoms with E-state index in [2.05, 4.69) is 9.47 Å². The number of aliphatic hydroxyl groups is 5. The van der Waals surface area contributed by atoms with Crippen molar-refractivity contribution in [1.82, 2.24) is 0 Å². The number of hydrogen-bond donors (Lipinski definition) is 5. The van der Waals surface area contributed by atoms with Crippen molar-refractivity contribution in [2.24, 2.45) is 0 Å². The van der Waals surface area contributed by atoms with Gasteiger partial charge < -0.3 is 35.0 Å². The minimum absolute atomic E-state index is 0.821. The Morgan fingerprint density at radius 2 is 1.75 bits per heavy atom. The summed E-state index contributed by atoms with van der Waals surface area (Å²) in [6, 6.07) is 0. The molecule has 1 aliphatic heterocycles. The van der Waals surface area contributed by atoms with Crippen LogP contribution in [0.2, 0.25) is 0 Å². The second-order valence-corrected chi connectivity index (χ2v) is 3.46. The van der Waals surface area contributed by atoms with Crippen LogP contribution in [0.1, 0.15) is 6.92 Å². The van der Waals surface area contributed by atoms with Crippen LogP contribution in [-0.2, 0) is 14.3 Å². The summed E-state index contributed by atoms with van der Waals surface area (Å²) < 4.78 is 8.93. The third-order valence-electron chi connectivity index (χ3n) is 2.19. The average molecular weight is 238 g/mol. The second kappa shape index (κ2) is 5.04. The maximum Gasteiger partial charge on any atom is 0.305 e. The molecule has 0 radical (unpaired) electrons. The van der Waals surface area contributed by atoms with Gasteiger partial charge in [-0.05, 0) is 0 Å². The topological polar surface area (TPSA) is 137 Å². The molecule has 0 amide bonds.